The zero-order valence-electron chi connectivity index (χ0n) is 18.6. The molecule has 1 aliphatic rings. The summed E-state index contributed by atoms with van der Waals surface area (Å²) in [6, 6.07) is 15.9. The number of carbonyl (C=O) groups excluding carboxylic acids is 2. The summed E-state index contributed by atoms with van der Waals surface area (Å²) in [5, 5.41) is 0. The Morgan fingerprint density at radius 2 is 1.82 bits per heavy atom. The standard InChI is InChI=1S/C27H28N4O2/c1-2-13-30-14-15-31(26(32)18-22-6-4-10-29-19-22)20-25(27(30)33)17-21-5-3-7-24(16-21)23-8-11-28-12-9-23/h2-12,16,19,25H,1,13-15,17-18,20H2. The van der Waals surface area contributed by atoms with Crippen LogP contribution in [0.5, 0.6) is 0 Å². The van der Waals surface area contributed by atoms with E-state index in [9.17, 15) is 9.59 Å². The van der Waals surface area contributed by atoms with Gasteiger partial charge in [-0.05, 0) is 46.9 Å². The first-order chi connectivity index (χ1) is 16.1. The van der Waals surface area contributed by atoms with E-state index in [-0.39, 0.29) is 24.2 Å². The zero-order valence-corrected chi connectivity index (χ0v) is 18.6. The predicted molar refractivity (Wildman–Crippen MR) is 128 cm³/mol. The number of amides is 2. The molecule has 1 atom stereocenters. The SMILES string of the molecule is C=CCN1CCN(C(=O)Cc2cccnc2)CC(Cc2cccc(-c3ccncc3)c2)C1=O. The molecule has 1 aliphatic heterocycles. The van der Waals surface area contributed by atoms with Crippen molar-refractivity contribution in [3.63, 3.8) is 0 Å². The van der Waals surface area contributed by atoms with Gasteiger partial charge in [0.1, 0.15) is 0 Å². The maximum Gasteiger partial charge on any atom is 0.228 e. The van der Waals surface area contributed by atoms with E-state index < -0.39 is 0 Å². The van der Waals surface area contributed by atoms with Crippen molar-refractivity contribution in [2.24, 2.45) is 5.92 Å². The number of carbonyl (C=O) groups is 2. The molecule has 6 nitrogen and oxygen atoms in total. The van der Waals surface area contributed by atoms with Gasteiger partial charge in [-0.1, -0.05) is 36.4 Å². The molecular formula is C27H28N4O2. The molecule has 0 N–H and O–H groups in total. The largest absolute Gasteiger partial charge is 0.340 e. The van der Waals surface area contributed by atoms with Gasteiger partial charge in [0.05, 0.1) is 12.3 Å². The summed E-state index contributed by atoms with van der Waals surface area (Å²) in [4.78, 5) is 38.2. The van der Waals surface area contributed by atoms with Gasteiger partial charge in [0.25, 0.3) is 0 Å². The molecule has 168 valence electrons. The third-order valence-electron chi connectivity index (χ3n) is 5.94. The van der Waals surface area contributed by atoms with Crippen LogP contribution in [0.4, 0.5) is 0 Å². The molecule has 3 aromatic rings. The summed E-state index contributed by atoms with van der Waals surface area (Å²) in [6.45, 7) is 5.72. The Morgan fingerprint density at radius 1 is 1.00 bits per heavy atom. The van der Waals surface area contributed by atoms with Crippen molar-refractivity contribution >= 4 is 11.8 Å². The van der Waals surface area contributed by atoms with Gasteiger partial charge in [-0.3, -0.25) is 19.6 Å². The van der Waals surface area contributed by atoms with Crippen LogP contribution in [0.25, 0.3) is 11.1 Å². The second-order valence-corrected chi connectivity index (χ2v) is 8.29. The van der Waals surface area contributed by atoms with E-state index in [0.29, 0.717) is 32.6 Å². The lowest BCUT2D eigenvalue weighted by Crippen LogP contribution is -2.38. The molecule has 1 aromatic carbocycles. The maximum atomic E-state index is 13.3. The lowest BCUT2D eigenvalue weighted by molar-refractivity contribution is -0.134. The summed E-state index contributed by atoms with van der Waals surface area (Å²) in [5.41, 5.74) is 4.12. The Kier molecular flexibility index (Phi) is 7.25. The first kappa shape index (κ1) is 22.4. The Bertz CT molecular complexity index is 1100. The van der Waals surface area contributed by atoms with Gasteiger partial charge in [-0.2, -0.15) is 0 Å². The minimum Gasteiger partial charge on any atom is -0.340 e. The third-order valence-corrected chi connectivity index (χ3v) is 5.94. The van der Waals surface area contributed by atoms with Crippen molar-refractivity contribution in [3.8, 4) is 11.1 Å². The summed E-state index contributed by atoms with van der Waals surface area (Å²) in [6.07, 6.45) is 9.56. The van der Waals surface area contributed by atoms with Crippen molar-refractivity contribution in [2.45, 2.75) is 12.8 Å². The molecule has 4 rings (SSSR count). The van der Waals surface area contributed by atoms with Crippen LogP contribution in [0.1, 0.15) is 11.1 Å². The number of hydrogen-bond donors (Lipinski definition) is 0. The molecule has 33 heavy (non-hydrogen) atoms. The van der Waals surface area contributed by atoms with Crippen LogP contribution in [-0.2, 0) is 22.4 Å². The zero-order chi connectivity index (χ0) is 23.0. The lowest BCUT2D eigenvalue weighted by Gasteiger charge is -2.24. The van der Waals surface area contributed by atoms with Gasteiger partial charge in [0.2, 0.25) is 11.8 Å². The Balaban J connectivity index is 1.54. The molecule has 0 spiro atoms. The number of aromatic nitrogens is 2. The number of hydrogen-bond acceptors (Lipinski definition) is 4. The Hall–Kier alpha value is -3.80. The molecule has 2 amide bonds. The highest BCUT2D eigenvalue weighted by molar-refractivity contribution is 5.83. The minimum absolute atomic E-state index is 0.0202. The van der Waals surface area contributed by atoms with E-state index in [2.05, 4.69) is 28.7 Å². The minimum atomic E-state index is -0.307. The summed E-state index contributed by atoms with van der Waals surface area (Å²) in [5.74, 6) is -0.217. The van der Waals surface area contributed by atoms with Crippen molar-refractivity contribution < 1.29 is 9.59 Å². The number of nitrogens with zero attached hydrogens (tertiary/aromatic N) is 4. The first-order valence-corrected chi connectivity index (χ1v) is 11.2. The predicted octanol–water partition coefficient (Wildman–Crippen LogP) is 3.40. The van der Waals surface area contributed by atoms with E-state index in [1.54, 1.807) is 30.9 Å². The van der Waals surface area contributed by atoms with E-state index >= 15 is 0 Å². The first-order valence-electron chi connectivity index (χ1n) is 11.2. The van der Waals surface area contributed by atoms with Gasteiger partial charge in [-0.25, -0.2) is 0 Å². The van der Waals surface area contributed by atoms with Gasteiger partial charge in [0, 0.05) is 51.0 Å². The maximum absolute atomic E-state index is 13.3. The molecule has 0 saturated carbocycles. The Morgan fingerprint density at radius 3 is 2.58 bits per heavy atom. The van der Waals surface area contributed by atoms with Crippen molar-refractivity contribution in [1.29, 1.82) is 0 Å². The molecule has 1 unspecified atom stereocenters. The molecule has 1 saturated heterocycles. The topological polar surface area (TPSA) is 66.4 Å². The van der Waals surface area contributed by atoms with Crippen LogP contribution < -0.4 is 0 Å². The van der Waals surface area contributed by atoms with E-state index in [1.807, 2.05) is 46.2 Å². The second-order valence-electron chi connectivity index (χ2n) is 8.29. The average Bonchev–Trinajstić information content (AvgIpc) is 3.00. The molecule has 1 fully saturated rings. The van der Waals surface area contributed by atoms with Gasteiger partial charge < -0.3 is 9.80 Å². The van der Waals surface area contributed by atoms with Crippen molar-refractivity contribution in [2.75, 3.05) is 26.2 Å². The molecule has 3 heterocycles. The smallest absolute Gasteiger partial charge is 0.228 e. The van der Waals surface area contributed by atoms with Crippen molar-refractivity contribution in [3.05, 3.63) is 97.1 Å². The highest BCUT2D eigenvalue weighted by Gasteiger charge is 2.32. The van der Waals surface area contributed by atoms with E-state index in [1.165, 1.54) is 0 Å². The summed E-state index contributed by atoms with van der Waals surface area (Å²) >= 11 is 0. The Labute approximate surface area is 194 Å². The van der Waals surface area contributed by atoms with E-state index in [4.69, 9.17) is 0 Å². The van der Waals surface area contributed by atoms with Gasteiger partial charge >= 0.3 is 0 Å². The molecule has 2 aromatic heterocycles. The highest BCUT2D eigenvalue weighted by atomic mass is 16.2. The number of benzene rings is 1. The third kappa shape index (κ3) is 5.71. The monoisotopic (exact) mass is 440 g/mol. The molecule has 0 aliphatic carbocycles. The fraction of sp³-hybridized carbons (Fsp3) is 0.259. The molecule has 0 bridgehead atoms. The average molecular weight is 441 g/mol. The van der Waals surface area contributed by atoms with Gasteiger partial charge in [0.15, 0.2) is 0 Å². The van der Waals surface area contributed by atoms with Crippen LogP contribution >= 0.6 is 0 Å². The normalized spacial score (nSPS) is 16.4. The van der Waals surface area contributed by atoms with Crippen LogP contribution in [-0.4, -0.2) is 57.8 Å². The quantitative estimate of drug-likeness (QED) is 0.528. The summed E-state index contributed by atoms with van der Waals surface area (Å²) in [7, 11) is 0. The summed E-state index contributed by atoms with van der Waals surface area (Å²) < 4.78 is 0. The highest BCUT2D eigenvalue weighted by Crippen LogP contribution is 2.23. The van der Waals surface area contributed by atoms with Crippen molar-refractivity contribution in [1.82, 2.24) is 19.8 Å². The van der Waals surface area contributed by atoms with Crippen LogP contribution in [0.2, 0.25) is 0 Å². The van der Waals surface area contributed by atoms with Gasteiger partial charge in [-0.15, -0.1) is 6.58 Å². The molecular weight excluding hydrogens is 412 g/mol. The molecule has 0 radical (unpaired) electrons. The van der Waals surface area contributed by atoms with Crippen LogP contribution in [0.15, 0.2) is 86.0 Å². The lowest BCUT2D eigenvalue weighted by atomic mass is 9.95. The van der Waals surface area contributed by atoms with Crippen LogP contribution in [0, 0.1) is 5.92 Å². The number of rotatable bonds is 7. The number of pyridine rings is 2. The van der Waals surface area contributed by atoms with E-state index in [0.717, 1.165) is 22.3 Å². The molecule has 6 heteroatoms. The second kappa shape index (κ2) is 10.7. The fourth-order valence-corrected chi connectivity index (χ4v) is 4.26. The van der Waals surface area contributed by atoms with Crippen LogP contribution in [0.3, 0.4) is 0 Å². The fourth-order valence-electron chi connectivity index (χ4n) is 4.26.